The van der Waals surface area contributed by atoms with Crippen molar-refractivity contribution in [3.05, 3.63) is 40.3 Å². The topological polar surface area (TPSA) is 79.5 Å². The largest absolute Gasteiger partial charge is 0.463 e. The molecule has 0 saturated heterocycles. The molecule has 0 atom stereocenters. The Kier molecular flexibility index (Phi) is 3.27. The van der Waals surface area contributed by atoms with Crippen molar-refractivity contribution in [2.75, 3.05) is 11.5 Å². The van der Waals surface area contributed by atoms with Crippen molar-refractivity contribution in [2.45, 2.75) is 13.3 Å². The molecule has 0 aliphatic carbocycles. The number of pyridine rings is 1. The van der Waals surface area contributed by atoms with E-state index in [0.717, 1.165) is 0 Å². The second kappa shape index (κ2) is 4.87. The van der Waals surface area contributed by atoms with E-state index < -0.39 is 5.97 Å². The fraction of sp³-hybridized carbons (Fsp3) is 0.250. The Morgan fingerprint density at radius 3 is 2.89 bits per heavy atom. The van der Waals surface area contributed by atoms with Gasteiger partial charge in [0.25, 0.3) is 0 Å². The van der Waals surface area contributed by atoms with E-state index in [-0.39, 0.29) is 30.1 Å². The van der Waals surface area contributed by atoms with Gasteiger partial charge in [-0.15, -0.1) is 0 Å². The molecule has 94 valence electrons. The number of amides is 1. The zero-order valence-corrected chi connectivity index (χ0v) is 9.80. The lowest BCUT2D eigenvalue weighted by Crippen LogP contribution is -2.23. The lowest BCUT2D eigenvalue weighted by atomic mass is 10.2. The molecule has 0 aromatic carbocycles. The fourth-order valence-corrected chi connectivity index (χ4v) is 1.65. The summed E-state index contributed by atoms with van der Waals surface area (Å²) in [6.45, 7) is 1.95. The van der Waals surface area contributed by atoms with E-state index in [2.05, 4.69) is 4.98 Å². The first-order valence-corrected chi connectivity index (χ1v) is 5.51. The van der Waals surface area contributed by atoms with Crippen LogP contribution in [0.2, 0.25) is 0 Å². The number of nitrogens with one attached hydrogen (secondary N) is 1. The average molecular weight is 248 g/mol. The zero-order chi connectivity index (χ0) is 13.1. The summed E-state index contributed by atoms with van der Waals surface area (Å²) in [6, 6.07) is 4.47. The Hall–Kier alpha value is -2.37. The Morgan fingerprint density at radius 1 is 1.44 bits per heavy atom. The van der Waals surface area contributed by atoms with Gasteiger partial charge < -0.3 is 9.72 Å². The normalized spacial score (nSPS) is 14.6. The SMILES string of the molecule is CCOC(=O)C1=CN(c2cccc(=O)[nH]2)C(=O)C1. The van der Waals surface area contributed by atoms with E-state index in [4.69, 9.17) is 4.74 Å². The summed E-state index contributed by atoms with van der Waals surface area (Å²) in [5.74, 6) is -0.446. The third-order valence-electron chi connectivity index (χ3n) is 2.45. The molecule has 0 spiro atoms. The van der Waals surface area contributed by atoms with Crippen molar-refractivity contribution in [1.82, 2.24) is 4.98 Å². The number of rotatable bonds is 3. The third kappa shape index (κ3) is 2.32. The van der Waals surface area contributed by atoms with Crippen LogP contribution in [0.15, 0.2) is 34.8 Å². The fourth-order valence-electron chi connectivity index (χ4n) is 1.65. The molecule has 1 N–H and O–H groups in total. The minimum Gasteiger partial charge on any atom is -0.463 e. The van der Waals surface area contributed by atoms with E-state index in [1.54, 1.807) is 13.0 Å². The van der Waals surface area contributed by atoms with Gasteiger partial charge in [0.2, 0.25) is 11.5 Å². The highest BCUT2D eigenvalue weighted by Gasteiger charge is 2.28. The second-order valence-electron chi connectivity index (χ2n) is 3.72. The maximum atomic E-state index is 11.7. The molecule has 0 fully saturated rings. The highest BCUT2D eigenvalue weighted by Crippen LogP contribution is 2.21. The number of hydrogen-bond acceptors (Lipinski definition) is 4. The van der Waals surface area contributed by atoms with Crippen LogP contribution < -0.4 is 10.5 Å². The first-order chi connectivity index (χ1) is 8.61. The summed E-state index contributed by atoms with van der Waals surface area (Å²) in [5, 5.41) is 0. The zero-order valence-electron chi connectivity index (χ0n) is 9.80. The first kappa shape index (κ1) is 12.1. The van der Waals surface area contributed by atoms with Gasteiger partial charge >= 0.3 is 5.97 Å². The van der Waals surface area contributed by atoms with Crippen LogP contribution in [0.3, 0.4) is 0 Å². The number of carbonyl (C=O) groups is 2. The lowest BCUT2D eigenvalue weighted by Gasteiger charge is -2.11. The van der Waals surface area contributed by atoms with Crippen molar-refractivity contribution >= 4 is 17.7 Å². The summed E-state index contributed by atoms with van der Waals surface area (Å²) >= 11 is 0. The van der Waals surface area contributed by atoms with Gasteiger partial charge in [-0.3, -0.25) is 14.5 Å². The molecule has 1 aromatic rings. The molecule has 0 radical (unpaired) electrons. The van der Waals surface area contributed by atoms with Gasteiger partial charge in [-0.25, -0.2) is 4.79 Å². The molecule has 2 heterocycles. The molecule has 6 heteroatoms. The van der Waals surface area contributed by atoms with E-state index in [9.17, 15) is 14.4 Å². The number of aromatic amines is 1. The van der Waals surface area contributed by atoms with Crippen LogP contribution in [0.1, 0.15) is 13.3 Å². The number of esters is 1. The molecule has 1 amide bonds. The molecular formula is C12H12N2O4. The molecule has 1 aliphatic heterocycles. The summed E-state index contributed by atoms with van der Waals surface area (Å²) in [5.41, 5.74) is -0.0233. The number of carbonyl (C=O) groups excluding carboxylic acids is 2. The van der Waals surface area contributed by atoms with Crippen molar-refractivity contribution in [3.63, 3.8) is 0 Å². The molecule has 1 aliphatic rings. The minimum absolute atomic E-state index is 0.0181. The van der Waals surface area contributed by atoms with Gasteiger partial charge in [0.1, 0.15) is 5.82 Å². The van der Waals surface area contributed by atoms with E-state index >= 15 is 0 Å². The molecule has 0 bridgehead atoms. The predicted molar refractivity (Wildman–Crippen MR) is 63.9 cm³/mol. The Labute approximate surface area is 103 Å². The Balaban J connectivity index is 2.27. The van der Waals surface area contributed by atoms with E-state index in [1.807, 2.05) is 0 Å². The van der Waals surface area contributed by atoms with Crippen molar-refractivity contribution in [3.8, 4) is 0 Å². The quantitative estimate of drug-likeness (QED) is 0.792. The standard InChI is InChI=1S/C12H12N2O4/c1-2-18-12(17)8-6-11(16)14(7-8)9-4-3-5-10(15)13-9/h3-5,7H,2,6H2,1H3,(H,13,15). The molecule has 1 aromatic heterocycles. The first-order valence-electron chi connectivity index (χ1n) is 5.51. The summed E-state index contributed by atoms with van der Waals surface area (Å²) in [4.78, 5) is 38.2. The molecule has 6 nitrogen and oxygen atoms in total. The van der Waals surface area contributed by atoms with Gasteiger partial charge in [-0.05, 0) is 13.0 Å². The minimum atomic E-state index is -0.508. The molecule has 0 saturated carbocycles. The van der Waals surface area contributed by atoms with Crippen LogP contribution in [0.5, 0.6) is 0 Å². The van der Waals surface area contributed by atoms with Gasteiger partial charge in [-0.1, -0.05) is 6.07 Å². The number of anilines is 1. The maximum absolute atomic E-state index is 11.7. The Morgan fingerprint density at radius 2 is 2.22 bits per heavy atom. The van der Waals surface area contributed by atoms with Crippen LogP contribution in [-0.2, 0) is 14.3 Å². The van der Waals surface area contributed by atoms with E-state index in [0.29, 0.717) is 5.82 Å². The highest BCUT2D eigenvalue weighted by molar-refractivity contribution is 6.07. The highest BCUT2D eigenvalue weighted by atomic mass is 16.5. The number of aromatic nitrogens is 1. The number of hydrogen-bond donors (Lipinski definition) is 1. The predicted octanol–water partition coefficient (Wildman–Crippen LogP) is 0.559. The van der Waals surface area contributed by atoms with Gasteiger partial charge in [-0.2, -0.15) is 0 Å². The monoisotopic (exact) mass is 248 g/mol. The smallest absolute Gasteiger partial charge is 0.336 e. The molecule has 0 unspecified atom stereocenters. The van der Waals surface area contributed by atoms with Crippen LogP contribution in [0, 0.1) is 0 Å². The average Bonchev–Trinajstić information content (AvgIpc) is 2.72. The summed E-state index contributed by atoms with van der Waals surface area (Å²) in [6.07, 6.45) is 1.38. The van der Waals surface area contributed by atoms with Crippen molar-refractivity contribution < 1.29 is 14.3 Å². The summed E-state index contributed by atoms with van der Waals surface area (Å²) in [7, 11) is 0. The second-order valence-corrected chi connectivity index (χ2v) is 3.72. The third-order valence-corrected chi connectivity index (χ3v) is 2.45. The van der Waals surface area contributed by atoms with Crippen LogP contribution in [0.4, 0.5) is 5.82 Å². The summed E-state index contributed by atoms with van der Waals surface area (Å²) < 4.78 is 4.82. The van der Waals surface area contributed by atoms with Crippen LogP contribution in [-0.4, -0.2) is 23.5 Å². The lowest BCUT2D eigenvalue weighted by molar-refractivity contribution is -0.139. The van der Waals surface area contributed by atoms with Crippen molar-refractivity contribution in [1.29, 1.82) is 0 Å². The maximum Gasteiger partial charge on any atom is 0.336 e. The molecule has 2 rings (SSSR count). The molecular weight excluding hydrogens is 236 g/mol. The number of nitrogens with zero attached hydrogens (tertiary/aromatic N) is 1. The van der Waals surface area contributed by atoms with E-state index in [1.165, 1.54) is 23.2 Å². The Bertz CT molecular complexity index is 573. The molecule has 18 heavy (non-hydrogen) atoms. The van der Waals surface area contributed by atoms with Gasteiger partial charge in [0.15, 0.2) is 0 Å². The number of ether oxygens (including phenoxy) is 1. The van der Waals surface area contributed by atoms with Crippen molar-refractivity contribution in [2.24, 2.45) is 0 Å². The van der Waals surface area contributed by atoms with Gasteiger partial charge in [0, 0.05) is 12.3 Å². The van der Waals surface area contributed by atoms with Crippen LogP contribution in [0.25, 0.3) is 0 Å². The van der Waals surface area contributed by atoms with Gasteiger partial charge in [0.05, 0.1) is 18.6 Å². The van der Waals surface area contributed by atoms with Crippen LogP contribution >= 0.6 is 0 Å². The number of H-pyrrole nitrogens is 1.